The molecule has 1 heterocycles. The van der Waals surface area contributed by atoms with Crippen molar-refractivity contribution >= 4 is 5.97 Å². The fourth-order valence-electron chi connectivity index (χ4n) is 3.91. The topological polar surface area (TPSA) is 58.6 Å². The largest absolute Gasteiger partial charge is 0.463 e. The predicted octanol–water partition coefficient (Wildman–Crippen LogP) is 2.85. The molecule has 0 amide bonds. The zero-order valence-corrected chi connectivity index (χ0v) is 14.2. The van der Waals surface area contributed by atoms with Crippen LogP contribution in [-0.2, 0) is 15.1 Å². The molecule has 138 valence electrons. The van der Waals surface area contributed by atoms with E-state index in [4.69, 9.17) is 4.74 Å². The van der Waals surface area contributed by atoms with Gasteiger partial charge in [0.05, 0.1) is 6.61 Å². The molecule has 0 aromatic heterocycles. The van der Waals surface area contributed by atoms with Gasteiger partial charge in [-0.1, -0.05) is 30.3 Å². The number of halogens is 2. The van der Waals surface area contributed by atoms with Gasteiger partial charge in [-0.15, -0.1) is 0 Å². The number of nitrogens with one attached hydrogen (secondary N) is 1. The Morgan fingerprint density at radius 3 is 2.68 bits per heavy atom. The highest BCUT2D eigenvalue weighted by Gasteiger charge is 2.54. The molecule has 1 aromatic rings. The van der Waals surface area contributed by atoms with Crippen molar-refractivity contribution in [2.45, 2.75) is 43.6 Å². The normalized spacial score (nSPS) is 27.8. The maximum atomic E-state index is 13.7. The van der Waals surface area contributed by atoms with Gasteiger partial charge >= 0.3 is 5.97 Å². The second kappa shape index (κ2) is 7.38. The van der Waals surface area contributed by atoms with Gasteiger partial charge in [-0.3, -0.25) is 0 Å². The number of hydrogen-bond donors (Lipinski definition) is 2. The first-order chi connectivity index (χ1) is 11.9. The maximum Gasteiger partial charge on any atom is 0.343 e. The number of carbonyl (C=O) groups is 1. The molecule has 0 bridgehead atoms. The number of rotatable bonds is 6. The van der Waals surface area contributed by atoms with Crippen molar-refractivity contribution < 1.29 is 23.4 Å². The summed E-state index contributed by atoms with van der Waals surface area (Å²) in [6, 6.07) is 8.32. The van der Waals surface area contributed by atoms with Gasteiger partial charge in [0.2, 0.25) is 5.92 Å². The van der Waals surface area contributed by atoms with E-state index in [1.165, 1.54) is 0 Å². The van der Waals surface area contributed by atoms with Gasteiger partial charge in [-0.25, -0.2) is 13.6 Å². The molecule has 3 atom stereocenters. The van der Waals surface area contributed by atoms with Crippen LogP contribution in [0, 0.1) is 11.8 Å². The second-order valence-electron chi connectivity index (χ2n) is 7.21. The van der Waals surface area contributed by atoms with Crippen LogP contribution in [0.3, 0.4) is 0 Å². The Kier molecular flexibility index (Phi) is 5.39. The van der Waals surface area contributed by atoms with Crippen LogP contribution in [0.1, 0.15) is 37.7 Å². The lowest BCUT2D eigenvalue weighted by Crippen LogP contribution is -2.44. The first-order valence-electron chi connectivity index (χ1n) is 8.95. The third kappa shape index (κ3) is 4.01. The fraction of sp³-hybridized carbons (Fsp3) is 0.632. The highest BCUT2D eigenvalue weighted by molar-refractivity contribution is 5.81. The quantitative estimate of drug-likeness (QED) is 0.772. The molecular formula is C19H25F2NO3. The van der Waals surface area contributed by atoms with E-state index in [9.17, 15) is 18.7 Å². The van der Waals surface area contributed by atoms with Crippen molar-refractivity contribution in [1.82, 2.24) is 5.32 Å². The van der Waals surface area contributed by atoms with Crippen LogP contribution in [-0.4, -0.2) is 36.7 Å². The minimum absolute atomic E-state index is 0.0973. The number of esters is 1. The van der Waals surface area contributed by atoms with E-state index in [0.717, 1.165) is 19.5 Å². The Morgan fingerprint density at radius 2 is 2.08 bits per heavy atom. The number of alkyl halides is 2. The van der Waals surface area contributed by atoms with E-state index in [0.29, 0.717) is 17.9 Å². The summed E-state index contributed by atoms with van der Waals surface area (Å²) in [5.74, 6) is -4.05. The minimum Gasteiger partial charge on any atom is -0.463 e. The highest BCUT2D eigenvalue weighted by atomic mass is 19.3. The van der Waals surface area contributed by atoms with E-state index < -0.39 is 29.8 Å². The smallest absolute Gasteiger partial charge is 0.343 e. The maximum absolute atomic E-state index is 13.7. The molecule has 1 aliphatic carbocycles. The van der Waals surface area contributed by atoms with Crippen molar-refractivity contribution in [3.05, 3.63) is 35.9 Å². The van der Waals surface area contributed by atoms with Crippen LogP contribution in [0.15, 0.2) is 30.3 Å². The fourth-order valence-corrected chi connectivity index (χ4v) is 3.91. The number of benzene rings is 1. The molecule has 2 aliphatic rings. The monoisotopic (exact) mass is 353 g/mol. The van der Waals surface area contributed by atoms with Gasteiger partial charge in [0.15, 0.2) is 5.60 Å². The van der Waals surface area contributed by atoms with Crippen molar-refractivity contribution in [2.24, 2.45) is 11.8 Å². The van der Waals surface area contributed by atoms with Crippen molar-refractivity contribution in [2.75, 3.05) is 19.7 Å². The zero-order valence-electron chi connectivity index (χ0n) is 14.2. The Balaban J connectivity index is 1.73. The lowest BCUT2D eigenvalue weighted by molar-refractivity contribution is -0.175. The van der Waals surface area contributed by atoms with Gasteiger partial charge in [0.25, 0.3) is 0 Å². The number of carbonyl (C=O) groups excluding carboxylic acids is 1. The zero-order chi connectivity index (χ0) is 17.9. The summed E-state index contributed by atoms with van der Waals surface area (Å²) in [5.41, 5.74) is -1.69. The van der Waals surface area contributed by atoms with E-state index in [1.54, 1.807) is 30.3 Å². The van der Waals surface area contributed by atoms with Gasteiger partial charge < -0.3 is 15.2 Å². The molecule has 0 radical (unpaired) electrons. The molecule has 1 aliphatic heterocycles. The number of ether oxygens (including phenoxy) is 1. The van der Waals surface area contributed by atoms with Crippen LogP contribution >= 0.6 is 0 Å². The Bertz CT molecular complexity index is 590. The first kappa shape index (κ1) is 18.3. The van der Waals surface area contributed by atoms with Gasteiger partial charge in [-0.2, -0.15) is 0 Å². The summed E-state index contributed by atoms with van der Waals surface area (Å²) < 4.78 is 32.7. The summed E-state index contributed by atoms with van der Waals surface area (Å²) in [4.78, 5) is 12.7. The average Bonchev–Trinajstić information content (AvgIpc) is 3.24. The van der Waals surface area contributed by atoms with Crippen LogP contribution < -0.4 is 5.32 Å². The number of hydrogen-bond acceptors (Lipinski definition) is 4. The third-order valence-corrected chi connectivity index (χ3v) is 5.44. The Hall–Kier alpha value is -1.53. The van der Waals surface area contributed by atoms with E-state index >= 15 is 0 Å². The SMILES string of the molecule is O=C(OCC[C@@H]1CCNC1)[C@](O)(c1ccccc1)[C@@H]1CCC(F)(F)C1. The van der Waals surface area contributed by atoms with Gasteiger partial charge in [0.1, 0.15) is 0 Å². The standard InChI is InChI=1S/C19H25F2NO3/c20-18(21)9-6-16(12-18)19(24,15-4-2-1-3-5-15)17(23)25-11-8-14-7-10-22-13-14/h1-5,14,16,22,24H,6-13H2/t14-,16+,19-/m0/s1. The van der Waals surface area contributed by atoms with E-state index in [-0.39, 0.29) is 19.4 Å². The molecule has 0 spiro atoms. The third-order valence-electron chi connectivity index (χ3n) is 5.44. The summed E-state index contributed by atoms with van der Waals surface area (Å²) in [6.45, 7) is 2.06. The Labute approximate surface area is 146 Å². The molecule has 0 unspecified atom stereocenters. The van der Waals surface area contributed by atoms with Gasteiger partial charge in [0, 0.05) is 18.8 Å². The molecule has 3 rings (SSSR count). The lowest BCUT2D eigenvalue weighted by atomic mass is 9.80. The molecule has 1 aromatic carbocycles. The average molecular weight is 353 g/mol. The molecule has 6 heteroatoms. The highest BCUT2D eigenvalue weighted by Crippen LogP contribution is 2.47. The molecule has 1 saturated carbocycles. The second-order valence-corrected chi connectivity index (χ2v) is 7.21. The molecular weight excluding hydrogens is 328 g/mol. The van der Waals surface area contributed by atoms with Crippen molar-refractivity contribution in [3.63, 3.8) is 0 Å². The first-order valence-corrected chi connectivity index (χ1v) is 8.95. The van der Waals surface area contributed by atoms with E-state index in [2.05, 4.69) is 5.32 Å². The summed E-state index contributed by atoms with van der Waals surface area (Å²) in [6.07, 6.45) is 1.04. The van der Waals surface area contributed by atoms with Crippen LogP contribution in [0.5, 0.6) is 0 Å². The van der Waals surface area contributed by atoms with Crippen LogP contribution in [0.25, 0.3) is 0 Å². The molecule has 1 saturated heterocycles. The van der Waals surface area contributed by atoms with Crippen LogP contribution in [0.4, 0.5) is 8.78 Å². The van der Waals surface area contributed by atoms with Crippen molar-refractivity contribution in [1.29, 1.82) is 0 Å². The van der Waals surface area contributed by atoms with E-state index in [1.807, 2.05) is 0 Å². The van der Waals surface area contributed by atoms with Gasteiger partial charge in [-0.05, 0) is 43.8 Å². The summed E-state index contributed by atoms with van der Waals surface area (Å²) in [7, 11) is 0. The molecule has 2 fully saturated rings. The molecule has 4 nitrogen and oxygen atoms in total. The summed E-state index contributed by atoms with van der Waals surface area (Å²) in [5, 5.41) is 14.4. The lowest BCUT2D eigenvalue weighted by Gasteiger charge is -2.32. The summed E-state index contributed by atoms with van der Waals surface area (Å²) >= 11 is 0. The Morgan fingerprint density at radius 1 is 1.32 bits per heavy atom. The van der Waals surface area contributed by atoms with Crippen molar-refractivity contribution in [3.8, 4) is 0 Å². The van der Waals surface area contributed by atoms with Crippen LogP contribution in [0.2, 0.25) is 0 Å². The number of aliphatic hydroxyl groups is 1. The molecule has 25 heavy (non-hydrogen) atoms. The minimum atomic E-state index is -2.84. The molecule has 2 N–H and O–H groups in total. The predicted molar refractivity (Wildman–Crippen MR) is 89.2 cm³/mol.